The van der Waals surface area contributed by atoms with E-state index in [1.807, 2.05) is 30.3 Å². The molecule has 3 rings (SSSR count). The van der Waals surface area contributed by atoms with Crippen LogP contribution < -0.4 is 4.74 Å². The Morgan fingerprint density at radius 1 is 1.06 bits per heavy atom. The van der Waals surface area contributed by atoms with Gasteiger partial charge in [0.25, 0.3) is 0 Å². The summed E-state index contributed by atoms with van der Waals surface area (Å²) in [6.07, 6.45) is 0. The highest BCUT2D eigenvalue weighted by atomic mass is 35.5. The number of ketones is 1. The van der Waals surface area contributed by atoms with Gasteiger partial charge in [0.15, 0.2) is 6.61 Å². The average molecular weight is 494 g/mol. The molecule has 2 aromatic carbocycles. The number of rotatable bonds is 9. The molecule has 1 aromatic heterocycles. The summed E-state index contributed by atoms with van der Waals surface area (Å²) in [5.41, 5.74) is 0.787. The SMILES string of the molecule is COc1ccc(C(=O)OCC(=O)c2ccc(Cl)s2)cc1S(=O)(=O)N(C)Cc1ccccc1. The van der Waals surface area contributed by atoms with Crippen LogP contribution in [0, 0.1) is 0 Å². The predicted octanol–water partition coefficient (Wildman–Crippen LogP) is 4.27. The van der Waals surface area contributed by atoms with E-state index >= 15 is 0 Å². The van der Waals surface area contributed by atoms with Gasteiger partial charge in [0, 0.05) is 13.6 Å². The van der Waals surface area contributed by atoms with Gasteiger partial charge in [-0.1, -0.05) is 41.9 Å². The summed E-state index contributed by atoms with van der Waals surface area (Å²) < 4.78 is 38.2. The molecule has 0 aliphatic heterocycles. The van der Waals surface area contributed by atoms with Gasteiger partial charge >= 0.3 is 5.97 Å². The molecule has 0 N–H and O–H groups in total. The molecule has 0 saturated heterocycles. The third kappa shape index (κ3) is 5.55. The van der Waals surface area contributed by atoms with Gasteiger partial charge in [0.05, 0.1) is 21.9 Å². The lowest BCUT2D eigenvalue weighted by Crippen LogP contribution is -2.27. The summed E-state index contributed by atoms with van der Waals surface area (Å²) in [6, 6.07) is 16.2. The Morgan fingerprint density at radius 3 is 2.41 bits per heavy atom. The number of carbonyl (C=O) groups is 2. The van der Waals surface area contributed by atoms with E-state index < -0.39 is 28.4 Å². The molecule has 0 fully saturated rings. The Balaban J connectivity index is 1.79. The molecule has 0 unspecified atom stereocenters. The van der Waals surface area contributed by atoms with Crippen LogP contribution >= 0.6 is 22.9 Å². The first-order chi connectivity index (χ1) is 15.2. The molecule has 0 radical (unpaired) electrons. The summed E-state index contributed by atoms with van der Waals surface area (Å²) in [4.78, 5) is 24.8. The number of thiophene rings is 1. The number of Topliss-reactive ketones (excluding diaryl/α,β-unsaturated/α-hetero) is 1. The highest BCUT2D eigenvalue weighted by Gasteiger charge is 2.27. The number of benzene rings is 2. The highest BCUT2D eigenvalue weighted by Crippen LogP contribution is 2.28. The fraction of sp³-hybridized carbons (Fsp3) is 0.182. The van der Waals surface area contributed by atoms with Crippen molar-refractivity contribution in [3.05, 3.63) is 81.0 Å². The predicted molar refractivity (Wildman–Crippen MR) is 122 cm³/mol. The second-order valence-corrected chi connectivity index (χ2v) is 10.4. The zero-order valence-electron chi connectivity index (χ0n) is 17.3. The van der Waals surface area contributed by atoms with E-state index in [0.29, 0.717) is 9.21 Å². The summed E-state index contributed by atoms with van der Waals surface area (Å²) >= 11 is 6.90. The second kappa shape index (κ2) is 10.3. The number of nitrogens with zero attached hydrogens (tertiary/aromatic N) is 1. The number of halogens is 1. The molecule has 0 aliphatic rings. The van der Waals surface area contributed by atoms with Gasteiger partial charge in [0.2, 0.25) is 15.8 Å². The van der Waals surface area contributed by atoms with Crippen molar-refractivity contribution in [3.63, 3.8) is 0 Å². The number of methoxy groups -OCH3 is 1. The number of hydrogen-bond donors (Lipinski definition) is 0. The van der Waals surface area contributed by atoms with E-state index in [-0.39, 0.29) is 22.8 Å². The van der Waals surface area contributed by atoms with Crippen LogP contribution in [0.5, 0.6) is 5.75 Å². The van der Waals surface area contributed by atoms with Crippen LogP contribution in [0.3, 0.4) is 0 Å². The molecule has 7 nitrogen and oxygen atoms in total. The first-order valence-electron chi connectivity index (χ1n) is 9.36. The minimum atomic E-state index is -3.99. The van der Waals surface area contributed by atoms with Crippen LogP contribution in [0.4, 0.5) is 0 Å². The molecule has 32 heavy (non-hydrogen) atoms. The monoisotopic (exact) mass is 493 g/mol. The normalized spacial score (nSPS) is 11.4. The Kier molecular flexibility index (Phi) is 7.68. The maximum atomic E-state index is 13.2. The summed E-state index contributed by atoms with van der Waals surface area (Å²) in [5, 5.41) is 0. The van der Waals surface area contributed by atoms with Gasteiger partial charge in [-0.2, -0.15) is 4.31 Å². The molecule has 0 amide bonds. The van der Waals surface area contributed by atoms with Crippen LogP contribution in [0.25, 0.3) is 0 Å². The molecule has 0 aliphatic carbocycles. The first-order valence-corrected chi connectivity index (χ1v) is 12.0. The molecule has 3 aromatic rings. The van der Waals surface area contributed by atoms with Crippen molar-refractivity contribution < 1.29 is 27.5 Å². The standard InChI is InChI=1S/C22H20ClNO6S2/c1-24(13-15-6-4-3-5-7-15)32(27,28)20-12-16(8-9-18(20)29-2)22(26)30-14-17(25)19-10-11-21(23)31-19/h3-12H,13-14H2,1-2H3. The third-order valence-corrected chi connectivity index (χ3v) is 7.61. The minimum absolute atomic E-state index is 0.0190. The fourth-order valence-electron chi connectivity index (χ4n) is 2.85. The highest BCUT2D eigenvalue weighted by molar-refractivity contribution is 7.89. The molecule has 1 heterocycles. The zero-order valence-corrected chi connectivity index (χ0v) is 19.7. The molecule has 168 valence electrons. The van der Waals surface area contributed by atoms with Crippen molar-refractivity contribution in [2.75, 3.05) is 20.8 Å². The second-order valence-electron chi connectivity index (χ2n) is 6.72. The summed E-state index contributed by atoms with van der Waals surface area (Å²) in [5.74, 6) is -1.14. The van der Waals surface area contributed by atoms with Crippen molar-refractivity contribution in [1.82, 2.24) is 4.31 Å². The maximum absolute atomic E-state index is 13.2. The smallest absolute Gasteiger partial charge is 0.338 e. The first kappa shape index (κ1) is 23.9. The van der Waals surface area contributed by atoms with Crippen LogP contribution in [-0.2, 0) is 21.3 Å². The van der Waals surface area contributed by atoms with E-state index in [4.69, 9.17) is 21.1 Å². The van der Waals surface area contributed by atoms with E-state index in [2.05, 4.69) is 0 Å². The molecule has 0 bridgehead atoms. The van der Waals surface area contributed by atoms with Crippen molar-refractivity contribution in [2.45, 2.75) is 11.4 Å². The van der Waals surface area contributed by atoms with Gasteiger partial charge < -0.3 is 9.47 Å². The average Bonchev–Trinajstić information content (AvgIpc) is 3.23. The quantitative estimate of drug-likeness (QED) is 0.326. The van der Waals surface area contributed by atoms with E-state index in [9.17, 15) is 18.0 Å². The topological polar surface area (TPSA) is 90.0 Å². The summed E-state index contributed by atoms with van der Waals surface area (Å²) in [7, 11) is -1.20. The zero-order chi connectivity index (χ0) is 23.3. The van der Waals surface area contributed by atoms with Gasteiger partial charge in [-0.25, -0.2) is 13.2 Å². The largest absolute Gasteiger partial charge is 0.495 e. The van der Waals surface area contributed by atoms with Gasteiger partial charge in [-0.3, -0.25) is 4.79 Å². The lowest BCUT2D eigenvalue weighted by Gasteiger charge is -2.19. The van der Waals surface area contributed by atoms with Crippen molar-refractivity contribution in [3.8, 4) is 5.75 Å². The molecular formula is C22H20ClNO6S2. The van der Waals surface area contributed by atoms with Crippen molar-refractivity contribution >= 4 is 44.7 Å². The van der Waals surface area contributed by atoms with Gasteiger partial charge in [-0.05, 0) is 35.9 Å². The van der Waals surface area contributed by atoms with Crippen LogP contribution in [-0.4, -0.2) is 45.2 Å². The molecule has 0 atom stereocenters. The molecule has 0 spiro atoms. The minimum Gasteiger partial charge on any atom is -0.495 e. The van der Waals surface area contributed by atoms with E-state index in [1.165, 1.54) is 36.7 Å². The van der Waals surface area contributed by atoms with Crippen LogP contribution in [0.15, 0.2) is 65.6 Å². The summed E-state index contributed by atoms with van der Waals surface area (Å²) in [6.45, 7) is -0.351. The number of hydrogen-bond acceptors (Lipinski definition) is 7. The number of carbonyl (C=O) groups excluding carboxylic acids is 2. The third-order valence-electron chi connectivity index (χ3n) is 4.52. The Bertz CT molecular complexity index is 1220. The lowest BCUT2D eigenvalue weighted by molar-refractivity contribution is 0.0475. The maximum Gasteiger partial charge on any atom is 0.338 e. The number of esters is 1. The van der Waals surface area contributed by atoms with Crippen molar-refractivity contribution in [2.24, 2.45) is 0 Å². The molecule has 0 saturated carbocycles. The van der Waals surface area contributed by atoms with Gasteiger partial charge in [-0.15, -0.1) is 11.3 Å². The fourth-order valence-corrected chi connectivity index (χ4v) is 5.15. The van der Waals surface area contributed by atoms with Gasteiger partial charge in [0.1, 0.15) is 10.6 Å². The van der Waals surface area contributed by atoms with Crippen LogP contribution in [0.2, 0.25) is 4.34 Å². The number of sulfonamides is 1. The Labute approximate surface area is 195 Å². The van der Waals surface area contributed by atoms with E-state index in [0.717, 1.165) is 16.9 Å². The van der Waals surface area contributed by atoms with Crippen molar-refractivity contribution in [1.29, 1.82) is 0 Å². The van der Waals surface area contributed by atoms with E-state index in [1.54, 1.807) is 12.1 Å². The Morgan fingerprint density at radius 2 is 1.78 bits per heavy atom. The lowest BCUT2D eigenvalue weighted by atomic mass is 10.2. The van der Waals surface area contributed by atoms with Crippen LogP contribution in [0.1, 0.15) is 25.6 Å². The molecular weight excluding hydrogens is 474 g/mol. The number of ether oxygens (including phenoxy) is 2. The Hall–Kier alpha value is -2.72. The molecule has 10 heteroatoms.